The van der Waals surface area contributed by atoms with Gasteiger partial charge in [-0.2, -0.15) is 0 Å². The van der Waals surface area contributed by atoms with Crippen LogP contribution in [0.25, 0.3) is 6.08 Å². The second kappa shape index (κ2) is 8.77. The van der Waals surface area contributed by atoms with Gasteiger partial charge in [0.05, 0.1) is 29.7 Å². The van der Waals surface area contributed by atoms with Crippen LogP contribution in [0.3, 0.4) is 0 Å². The van der Waals surface area contributed by atoms with Crippen LogP contribution in [0.2, 0.25) is 5.02 Å². The van der Waals surface area contributed by atoms with E-state index in [4.69, 9.17) is 21.1 Å². The summed E-state index contributed by atoms with van der Waals surface area (Å²) in [6.07, 6.45) is 1.59. The van der Waals surface area contributed by atoms with Crippen molar-refractivity contribution in [2.75, 3.05) is 39.5 Å². The molecule has 0 aromatic heterocycles. The first-order chi connectivity index (χ1) is 13.0. The smallest absolute Gasteiger partial charge is 0.294 e. The number of carbonyl (C=O) groups is 3. The van der Waals surface area contributed by atoms with Crippen LogP contribution in [0.5, 0.6) is 5.75 Å². The Morgan fingerprint density at radius 2 is 2.07 bits per heavy atom. The van der Waals surface area contributed by atoms with E-state index in [1.54, 1.807) is 29.2 Å². The first-order valence-electron chi connectivity index (χ1n) is 8.53. The first-order valence-corrected chi connectivity index (χ1v) is 9.72. The summed E-state index contributed by atoms with van der Waals surface area (Å²) >= 11 is 6.97. The zero-order valence-electron chi connectivity index (χ0n) is 14.8. The molecule has 7 nitrogen and oxygen atoms in total. The number of imide groups is 1. The summed E-state index contributed by atoms with van der Waals surface area (Å²) in [7, 11) is 0. The topological polar surface area (TPSA) is 76.2 Å². The molecule has 27 heavy (non-hydrogen) atoms. The van der Waals surface area contributed by atoms with Crippen molar-refractivity contribution in [1.29, 1.82) is 0 Å². The Kier molecular flexibility index (Phi) is 6.41. The van der Waals surface area contributed by atoms with Gasteiger partial charge in [0.1, 0.15) is 12.3 Å². The van der Waals surface area contributed by atoms with E-state index in [0.717, 1.165) is 16.7 Å². The molecular weight excluding hydrogens is 392 g/mol. The fourth-order valence-electron chi connectivity index (χ4n) is 2.72. The van der Waals surface area contributed by atoms with E-state index in [9.17, 15) is 14.4 Å². The Morgan fingerprint density at radius 3 is 2.74 bits per heavy atom. The van der Waals surface area contributed by atoms with Gasteiger partial charge in [-0.05, 0) is 42.5 Å². The predicted octanol–water partition coefficient (Wildman–Crippen LogP) is 2.63. The van der Waals surface area contributed by atoms with Crippen LogP contribution >= 0.6 is 23.4 Å². The van der Waals surface area contributed by atoms with Crippen LogP contribution in [0, 0.1) is 0 Å². The Hall–Kier alpha value is -2.03. The second-order valence-corrected chi connectivity index (χ2v) is 7.28. The zero-order valence-corrected chi connectivity index (χ0v) is 16.3. The normalized spacial score (nSPS) is 19.1. The SMILES string of the molecule is CCOc1ccc(/C=C2\SC(=O)N(CC(=O)N3CCOCC3)C2=O)cc1Cl. The molecule has 3 amide bonds. The molecule has 9 heteroatoms. The molecule has 2 saturated heterocycles. The van der Waals surface area contributed by atoms with Gasteiger partial charge in [0, 0.05) is 13.1 Å². The summed E-state index contributed by atoms with van der Waals surface area (Å²) < 4.78 is 10.6. The summed E-state index contributed by atoms with van der Waals surface area (Å²) in [6.45, 7) is 3.96. The highest BCUT2D eigenvalue weighted by atomic mass is 35.5. The molecule has 0 aliphatic carbocycles. The van der Waals surface area contributed by atoms with E-state index >= 15 is 0 Å². The van der Waals surface area contributed by atoms with Crippen LogP contribution in [-0.4, -0.2) is 66.3 Å². The van der Waals surface area contributed by atoms with Gasteiger partial charge in [-0.15, -0.1) is 0 Å². The molecule has 3 rings (SSSR count). The quantitative estimate of drug-likeness (QED) is 0.694. The minimum atomic E-state index is -0.475. The number of carbonyl (C=O) groups excluding carboxylic acids is 3. The number of nitrogens with zero attached hydrogens (tertiary/aromatic N) is 2. The average Bonchev–Trinajstić information content (AvgIpc) is 2.92. The van der Waals surface area contributed by atoms with Crippen LogP contribution in [0.15, 0.2) is 23.1 Å². The Labute approximate surface area is 166 Å². The summed E-state index contributed by atoms with van der Waals surface area (Å²) in [6, 6.07) is 5.13. The van der Waals surface area contributed by atoms with Gasteiger partial charge in [-0.3, -0.25) is 19.3 Å². The standard InChI is InChI=1S/C18H19ClN2O5S/c1-2-26-14-4-3-12(9-13(14)19)10-15-17(23)21(18(24)27-15)11-16(22)20-5-7-25-8-6-20/h3-4,9-10H,2,5-8,11H2,1H3/b15-10-. The molecule has 2 fully saturated rings. The van der Waals surface area contributed by atoms with Crippen molar-refractivity contribution in [2.45, 2.75) is 6.92 Å². The van der Waals surface area contributed by atoms with E-state index in [0.29, 0.717) is 49.2 Å². The highest BCUT2D eigenvalue weighted by Crippen LogP contribution is 2.33. The second-order valence-electron chi connectivity index (χ2n) is 5.88. The molecule has 2 heterocycles. The highest BCUT2D eigenvalue weighted by Gasteiger charge is 2.37. The molecule has 2 aliphatic rings. The first kappa shape index (κ1) is 19.7. The van der Waals surface area contributed by atoms with Gasteiger partial charge in [0.15, 0.2) is 0 Å². The maximum Gasteiger partial charge on any atom is 0.294 e. The molecule has 1 aromatic carbocycles. The fraction of sp³-hybridized carbons (Fsp3) is 0.389. The van der Waals surface area contributed by atoms with Crippen molar-refractivity contribution in [3.05, 3.63) is 33.7 Å². The molecule has 0 unspecified atom stereocenters. The molecule has 0 saturated carbocycles. The lowest BCUT2D eigenvalue weighted by Crippen LogP contribution is -2.46. The Morgan fingerprint density at radius 1 is 1.33 bits per heavy atom. The monoisotopic (exact) mass is 410 g/mol. The maximum absolute atomic E-state index is 12.6. The van der Waals surface area contributed by atoms with E-state index in [-0.39, 0.29) is 17.4 Å². The highest BCUT2D eigenvalue weighted by molar-refractivity contribution is 8.18. The Bertz CT molecular complexity index is 792. The molecular formula is C18H19ClN2O5S. The van der Waals surface area contributed by atoms with Crippen molar-refractivity contribution < 1.29 is 23.9 Å². The predicted molar refractivity (Wildman–Crippen MR) is 103 cm³/mol. The molecule has 0 radical (unpaired) electrons. The lowest BCUT2D eigenvalue weighted by molar-refractivity contribution is -0.139. The third-order valence-corrected chi connectivity index (χ3v) is 5.29. The van der Waals surface area contributed by atoms with Gasteiger partial charge in [-0.25, -0.2) is 0 Å². The van der Waals surface area contributed by atoms with Gasteiger partial charge in [0.25, 0.3) is 11.1 Å². The lowest BCUT2D eigenvalue weighted by atomic mass is 10.2. The van der Waals surface area contributed by atoms with Crippen LogP contribution in [0.1, 0.15) is 12.5 Å². The molecule has 0 atom stereocenters. The van der Waals surface area contributed by atoms with Gasteiger partial charge < -0.3 is 14.4 Å². The number of amides is 3. The summed E-state index contributed by atoms with van der Waals surface area (Å²) in [5, 5.41) is -0.0304. The van der Waals surface area contributed by atoms with E-state index in [2.05, 4.69) is 0 Å². The van der Waals surface area contributed by atoms with Crippen molar-refractivity contribution in [3.63, 3.8) is 0 Å². The van der Waals surface area contributed by atoms with Crippen LogP contribution in [-0.2, 0) is 14.3 Å². The molecule has 0 N–H and O–H groups in total. The molecule has 2 aliphatic heterocycles. The van der Waals surface area contributed by atoms with Crippen LogP contribution < -0.4 is 4.74 Å². The number of hydrogen-bond acceptors (Lipinski definition) is 6. The van der Waals surface area contributed by atoms with Crippen molar-refractivity contribution in [2.24, 2.45) is 0 Å². The summed E-state index contributed by atoms with van der Waals surface area (Å²) in [5.41, 5.74) is 0.674. The summed E-state index contributed by atoms with van der Waals surface area (Å²) in [4.78, 5) is 39.9. The number of hydrogen-bond donors (Lipinski definition) is 0. The largest absolute Gasteiger partial charge is 0.492 e. The van der Waals surface area contributed by atoms with Gasteiger partial charge in [-0.1, -0.05) is 17.7 Å². The number of thioether (sulfide) groups is 1. The summed E-state index contributed by atoms with van der Waals surface area (Å²) in [5.74, 6) is -0.178. The van der Waals surface area contributed by atoms with Crippen LogP contribution in [0.4, 0.5) is 4.79 Å². The van der Waals surface area contributed by atoms with E-state index in [1.165, 1.54) is 0 Å². The fourth-order valence-corrected chi connectivity index (χ4v) is 3.80. The average molecular weight is 411 g/mol. The zero-order chi connectivity index (χ0) is 19.4. The van der Waals surface area contributed by atoms with Gasteiger partial charge >= 0.3 is 0 Å². The van der Waals surface area contributed by atoms with Crippen molar-refractivity contribution >= 4 is 46.5 Å². The number of benzene rings is 1. The number of halogens is 1. The lowest BCUT2D eigenvalue weighted by Gasteiger charge is -2.28. The molecule has 0 bridgehead atoms. The Balaban J connectivity index is 1.70. The molecule has 1 aromatic rings. The van der Waals surface area contributed by atoms with Crippen molar-refractivity contribution in [3.8, 4) is 5.75 Å². The van der Waals surface area contributed by atoms with Gasteiger partial charge in [0.2, 0.25) is 5.91 Å². The molecule has 144 valence electrons. The van der Waals surface area contributed by atoms with Crippen molar-refractivity contribution in [1.82, 2.24) is 9.80 Å². The van der Waals surface area contributed by atoms with E-state index in [1.807, 2.05) is 6.92 Å². The third kappa shape index (κ3) is 4.63. The minimum absolute atomic E-state index is 0.258. The number of morpholine rings is 1. The number of rotatable bonds is 5. The third-order valence-electron chi connectivity index (χ3n) is 4.08. The minimum Gasteiger partial charge on any atom is -0.492 e. The maximum atomic E-state index is 12.6. The van der Waals surface area contributed by atoms with E-state index < -0.39 is 11.1 Å². The number of ether oxygens (including phenoxy) is 2. The molecule has 0 spiro atoms.